The van der Waals surface area contributed by atoms with Crippen LogP contribution >= 0.6 is 0 Å². The first-order valence-corrected chi connectivity index (χ1v) is 12.5. The van der Waals surface area contributed by atoms with Crippen LogP contribution in [0.25, 0.3) is 0 Å². The van der Waals surface area contributed by atoms with Gasteiger partial charge in [-0.15, -0.1) is 0 Å². The maximum atomic E-state index is 2.59. The van der Waals surface area contributed by atoms with Crippen molar-refractivity contribution in [3.8, 4) is 0 Å². The first-order valence-electron chi connectivity index (χ1n) is 12.5. The fourth-order valence-corrected chi connectivity index (χ4v) is 4.56. The molecule has 0 aliphatic rings. The van der Waals surface area contributed by atoms with E-state index in [1.807, 2.05) is 0 Å². The molecule has 0 aromatic carbocycles. The molecule has 1 aromatic heterocycles. The van der Waals surface area contributed by atoms with Crippen molar-refractivity contribution in [2.75, 3.05) is 0 Å². The molecule has 0 radical (unpaired) electrons. The summed E-state index contributed by atoms with van der Waals surface area (Å²) in [4.78, 5) is 0. The lowest BCUT2D eigenvalue weighted by Gasteiger charge is -2.16. The van der Waals surface area contributed by atoms with Crippen molar-refractivity contribution in [1.82, 2.24) is 4.57 Å². The van der Waals surface area contributed by atoms with Gasteiger partial charge in [0.2, 0.25) is 0 Å². The van der Waals surface area contributed by atoms with Crippen LogP contribution in [0.5, 0.6) is 0 Å². The third-order valence-electron chi connectivity index (χ3n) is 6.93. The van der Waals surface area contributed by atoms with Crippen molar-refractivity contribution in [3.05, 3.63) is 17.2 Å². The van der Waals surface area contributed by atoms with Gasteiger partial charge in [-0.2, -0.15) is 0 Å². The quantitative estimate of drug-likeness (QED) is 0.190. The Hall–Kier alpha value is -0.790. The molecule has 28 heavy (non-hydrogen) atoms. The standard InChI is InChI=1S/C26H51N2/c1-7-9-11-12-13-14-15-16-17-19-21-26(20-18-10-8-2)22-28-24(4)23(3)27(6)25(28)5/h26H,7-22H2,1-6H3/q+1. The van der Waals surface area contributed by atoms with Gasteiger partial charge in [-0.05, 0) is 18.8 Å². The highest BCUT2D eigenvalue weighted by molar-refractivity contribution is 5.06. The molecule has 0 fully saturated rings. The van der Waals surface area contributed by atoms with E-state index in [9.17, 15) is 0 Å². The summed E-state index contributed by atoms with van der Waals surface area (Å²) in [5, 5.41) is 0. The number of nitrogens with zero attached hydrogens (tertiary/aromatic N) is 2. The van der Waals surface area contributed by atoms with Gasteiger partial charge in [0.05, 0.1) is 13.6 Å². The highest BCUT2D eigenvalue weighted by atomic mass is 15.2. The molecule has 1 unspecified atom stereocenters. The molecule has 0 aliphatic heterocycles. The topological polar surface area (TPSA) is 8.81 Å². The predicted molar refractivity (Wildman–Crippen MR) is 124 cm³/mol. The average molecular weight is 392 g/mol. The fraction of sp³-hybridized carbons (Fsp3) is 0.885. The lowest BCUT2D eigenvalue weighted by atomic mass is 9.94. The fourth-order valence-electron chi connectivity index (χ4n) is 4.56. The Morgan fingerprint density at radius 3 is 1.57 bits per heavy atom. The third kappa shape index (κ3) is 9.14. The zero-order valence-corrected chi connectivity index (χ0v) is 20.3. The predicted octanol–water partition coefficient (Wildman–Crippen LogP) is 7.75. The zero-order chi connectivity index (χ0) is 20.8. The molecule has 0 amide bonds. The van der Waals surface area contributed by atoms with Gasteiger partial charge >= 0.3 is 0 Å². The Balaban J connectivity index is 2.35. The van der Waals surface area contributed by atoms with E-state index in [2.05, 4.69) is 50.8 Å². The van der Waals surface area contributed by atoms with Crippen LogP contribution in [0.1, 0.15) is 127 Å². The Morgan fingerprint density at radius 1 is 0.679 bits per heavy atom. The minimum absolute atomic E-state index is 0.852. The molecule has 1 aromatic rings. The number of aromatic nitrogens is 2. The van der Waals surface area contributed by atoms with Crippen molar-refractivity contribution < 1.29 is 4.57 Å². The third-order valence-corrected chi connectivity index (χ3v) is 6.93. The van der Waals surface area contributed by atoms with Gasteiger partial charge in [-0.3, -0.25) is 0 Å². The smallest absolute Gasteiger partial charge is 0.234 e. The maximum absolute atomic E-state index is 2.59. The van der Waals surface area contributed by atoms with Crippen LogP contribution in [0.2, 0.25) is 0 Å². The molecule has 2 heteroatoms. The lowest BCUT2D eigenvalue weighted by Crippen LogP contribution is -2.33. The summed E-state index contributed by atoms with van der Waals surface area (Å²) >= 11 is 0. The SMILES string of the molecule is CCCCCCCCCCCCC(CCCCC)Cn1c(C)c(C)[n+](C)c1C. The van der Waals surface area contributed by atoms with E-state index in [0.717, 1.165) is 5.92 Å². The summed E-state index contributed by atoms with van der Waals surface area (Å²) in [5.74, 6) is 2.27. The number of unbranched alkanes of at least 4 members (excludes halogenated alkanes) is 11. The van der Waals surface area contributed by atoms with E-state index in [1.165, 1.54) is 120 Å². The highest BCUT2D eigenvalue weighted by Crippen LogP contribution is 2.22. The largest absolute Gasteiger partial charge is 0.253 e. The Kier molecular flexibility index (Phi) is 13.6. The van der Waals surface area contributed by atoms with Crippen LogP contribution in [0.4, 0.5) is 0 Å². The Labute approximate surface area is 177 Å². The molecule has 0 saturated carbocycles. The Bertz CT molecular complexity index is 489. The molecule has 1 heterocycles. The van der Waals surface area contributed by atoms with Crippen LogP contribution in [0.3, 0.4) is 0 Å². The number of hydrogen-bond donors (Lipinski definition) is 0. The van der Waals surface area contributed by atoms with Crippen LogP contribution in [0.15, 0.2) is 0 Å². The minimum Gasteiger partial charge on any atom is -0.234 e. The van der Waals surface area contributed by atoms with Crippen molar-refractivity contribution in [3.63, 3.8) is 0 Å². The number of hydrogen-bond acceptors (Lipinski definition) is 0. The molecule has 1 rings (SSSR count). The van der Waals surface area contributed by atoms with Gasteiger partial charge < -0.3 is 0 Å². The second kappa shape index (κ2) is 15.1. The molecule has 1 atom stereocenters. The summed E-state index contributed by atoms with van der Waals surface area (Å²) in [6, 6.07) is 0. The zero-order valence-electron chi connectivity index (χ0n) is 20.3. The van der Waals surface area contributed by atoms with Crippen LogP contribution in [-0.4, -0.2) is 4.57 Å². The van der Waals surface area contributed by atoms with Crippen LogP contribution in [0, 0.1) is 26.7 Å². The van der Waals surface area contributed by atoms with E-state index in [0.29, 0.717) is 0 Å². The highest BCUT2D eigenvalue weighted by Gasteiger charge is 2.22. The molecule has 0 spiro atoms. The molecular weight excluding hydrogens is 340 g/mol. The molecule has 0 N–H and O–H groups in total. The molecule has 0 saturated heterocycles. The number of rotatable bonds is 17. The molecule has 2 nitrogen and oxygen atoms in total. The molecule has 164 valence electrons. The van der Waals surface area contributed by atoms with Crippen LogP contribution < -0.4 is 4.57 Å². The van der Waals surface area contributed by atoms with Gasteiger partial charge in [0, 0.05) is 20.8 Å². The van der Waals surface area contributed by atoms with Crippen LogP contribution in [-0.2, 0) is 13.6 Å². The second-order valence-corrected chi connectivity index (χ2v) is 9.22. The molecule has 0 bridgehead atoms. The average Bonchev–Trinajstić information content (AvgIpc) is 2.87. The van der Waals surface area contributed by atoms with E-state index >= 15 is 0 Å². The summed E-state index contributed by atoms with van der Waals surface area (Å²) in [7, 11) is 2.21. The first kappa shape index (κ1) is 25.2. The maximum Gasteiger partial charge on any atom is 0.253 e. The van der Waals surface area contributed by atoms with Gasteiger partial charge in [0.1, 0.15) is 11.4 Å². The monoisotopic (exact) mass is 391 g/mol. The molecule has 0 aliphatic carbocycles. The lowest BCUT2D eigenvalue weighted by molar-refractivity contribution is -0.683. The van der Waals surface area contributed by atoms with Gasteiger partial charge in [-0.1, -0.05) is 97.3 Å². The normalized spacial score (nSPS) is 12.6. The first-order chi connectivity index (χ1) is 13.5. The van der Waals surface area contributed by atoms with Gasteiger partial charge in [0.25, 0.3) is 5.82 Å². The van der Waals surface area contributed by atoms with Crippen molar-refractivity contribution in [2.45, 2.75) is 137 Å². The summed E-state index contributed by atoms with van der Waals surface area (Å²) in [6.07, 6.45) is 21.3. The van der Waals surface area contributed by atoms with Crippen molar-refractivity contribution in [1.29, 1.82) is 0 Å². The van der Waals surface area contributed by atoms with Crippen molar-refractivity contribution >= 4 is 0 Å². The van der Waals surface area contributed by atoms with E-state index in [4.69, 9.17) is 0 Å². The summed E-state index contributed by atoms with van der Waals surface area (Å²) in [6.45, 7) is 12.7. The summed E-state index contributed by atoms with van der Waals surface area (Å²) in [5.41, 5.74) is 2.88. The number of imidazole rings is 1. The van der Waals surface area contributed by atoms with Gasteiger partial charge in [-0.25, -0.2) is 9.13 Å². The minimum atomic E-state index is 0.852. The molecular formula is C26H51N2+. The Morgan fingerprint density at radius 2 is 1.11 bits per heavy atom. The summed E-state index contributed by atoms with van der Waals surface area (Å²) < 4.78 is 4.95. The van der Waals surface area contributed by atoms with Gasteiger partial charge in [0.15, 0.2) is 0 Å². The van der Waals surface area contributed by atoms with E-state index in [-0.39, 0.29) is 0 Å². The van der Waals surface area contributed by atoms with E-state index < -0.39 is 0 Å². The second-order valence-electron chi connectivity index (χ2n) is 9.22. The van der Waals surface area contributed by atoms with E-state index in [1.54, 1.807) is 0 Å². The van der Waals surface area contributed by atoms with Crippen molar-refractivity contribution in [2.24, 2.45) is 13.0 Å².